The molecule has 1 aromatic heterocycles. The molecule has 1 unspecified atom stereocenters. The zero-order valence-electron chi connectivity index (χ0n) is 15.3. The Kier molecular flexibility index (Phi) is 5.46. The van der Waals surface area contributed by atoms with Gasteiger partial charge in [-0.25, -0.2) is 0 Å². The van der Waals surface area contributed by atoms with Gasteiger partial charge in [-0.3, -0.25) is 4.79 Å². The zero-order valence-corrected chi connectivity index (χ0v) is 16.1. The minimum atomic E-state index is -1.02. The fourth-order valence-electron chi connectivity index (χ4n) is 3.08. The molecule has 0 radical (unpaired) electrons. The second-order valence-electron chi connectivity index (χ2n) is 6.79. The number of hydrogen-bond donors (Lipinski definition) is 3. The van der Waals surface area contributed by atoms with Crippen LogP contribution in [0.4, 0.5) is 0 Å². The molecule has 3 rings (SSSR count). The summed E-state index contributed by atoms with van der Waals surface area (Å²) >= 11 is 4.97. The SMILES string of the molecule is CC(=O)NC(C)(Cc1c[nH]c2ccc(OCc3ccccc3)cc12)C(O)=S. The quantitative estimate of drug-likeness (QED) is 0.539. The molecule has 27 heavy (non-hydrogen) atoms. The van der Waals surface area contributed by atoms with E-state index in [4.69, 9.17) is 17.0 Å². The van der Waals surface area contributed by atoms with Crippen molar-refractivity contribution in [2.45, 2.75) is 32.4 Å². The Bertz CT molecular complexity index is 968. The summed E-state index contributed by atoms with van der Waals surface area (Å²) in [5.74, 6) is 0.501. The number of ether oxygens (including phenoxy) is 1. The smallest absolute Gasteiger partial charge is 0.217 e. The molecule has 0 saturated heterocycles. The molecule has 6 heteroatoms. The first-order chi connectivity index (χ1) is 12.9. The van der Waals surface area contributed by atoms with E-state index >= 15 is 0 Å². The molecule has 3 N–H and O–H groups in total. The number of nitrogens with one attached hydrogen (secondary N) is 2. The van der Waals surface area contributed by atoms with Crippen molar-refractivity contribution >= 4 is 34.1 Å². The number of aliphatic hydroxyl groups is 1. The number of hydrogen-bond acceptors (Lipinski definition) is 3. The van der Waals surface area contributed by atoms with Crippen LogP contribution in [-0.4, -0.2) is 26.6 Å². The monoisotopic (exact) mass is 382 g/mol. The summed E-state index contributed by atoms with van der Waals surface area (Å²) in [5, 5.41) is 13.4. The number of carbonyl (C=O) groups excluding carboxylic acids is 1. The first-order valence-corrected chi connectivity index (χ1v) is 9.07. The van der Waals surface area contributed by atoms with Gasteiger partial charge in [-0.2, -0.15) is 0 Å². The largest absolute Gasteiger partial charge is 0.500 e. The lowest BCUT2D eigenvalue weighted by molar-refractivity contribution is -0.120. The molecule has 1 heterocycles. The number of aromatic amines is 1. The Labute approximate surface area is 163 Å². The van der Waals surface area contributed by atoms with Crippen molar-refractivity contribution in [1.29, 1.82) is 0 Å². The highest BCUT2D eigenvalue weighted by Crippen LogP contribution is 2.27. The number of amides is 1. The van der Waals surface area contributed by atoms with Crippen LogP contribution in [-0.2, 0) is 17.8 Å². The number of H-pyrrole nitrogens is 1. The average molecular weight is 382 g/mol. The van der Waals surface area contributed by atoms with E-state index in [0.717, 1.165) is 27.8 Å². The van der Waals surface area contributed by atoms with Crippen molar-refractivity contribution in [3.05, 3.63) is 65.9 Å². The highest BCUT2D eigenvalue weighted by atomic mass is 32.1. The van der Waals surface area contributed by atoms with E-state index in [1.807, 2.05) is 54.7 Å². The van der Waals surface area contributed by atoms with Crippen LogP contribution in [0, 0.1) is 0 Å². The maximum atomic E-state index is 11.5. The van der Waals surface area contributed by atoms with Crippen LogP contribution in [0.2, 0.25) is 0 Å². The van der Waals surface area contributed by atoms with Gasteiger partial charge in [0.2, 0.25) is 5.91 Å². The maximum absolute atomic E-state index is 11.5. The lowest BCUT2D eigenvalue weighted by atomic mass is 9.93. The van der Waals surface area contributed by atoms with Crippen LogP contribution in [0.1, 0.15) is 25.0 Å². The van der Waals surface area contributed by atoms with Crippen LogP contribution in [0.5, 0.6) is 5.75 Å². The van der Waals surface area contributed by atoms with Gasteiger partial charge in [-0.05, 0) is 48.5 Å². The van der Waals surface area contributed by atoms with E-state index in [9.17, 15) is 9.90 Å². The number of thiocarbonyl (C=S) groups is 1. The number of aliphatic hydroxyl groups excluding tert-OH is 1. The summed E-state index contributed by atoms with van der Waals surface area (Å²) in [5.41, 5.74) is 1.96. The van der Waals surface area contributed by atoms with E-state index in [0.29, 0.717) is 13.0 Å². The highest BCUT2D eigenvalue weighted by Gasteiger charge is 2.31. The van der Waals surface area contributed by atoms with Gasteiger partial charge < -0.3 is 20.1 Å². The Morgan fingerprint density at radius 1 is 1.26 bits per heavy atom. The van der Waals surface area contributed by atoms with Crippen molar-refractivity contribution in [2.24, 2.45) is 0 Å². The van der Waals surface area contributed by atoms with E-state index in [-0.39, 0.29) is 11.0 Å². The molecule has 2 aromatic carbocycles. The van der Waals surface area contributed by atoms with E-state index in [2.05, 4.69) is 10.3 Å². The second kappa shape index (κ2) is 7.80. The molecule has 0 fully saturated rings. The Morgan fingerprint density at radius 2 is 2.00 bits per heavy atom. The summed E-state index contributed by atoms with van der Waals surface area (Å²) < 4.78 is 5.91. The van der Waals surface area contributed by atoms with E-state index < -0.39 is 5.54 Å². The third kappa shape index (κ3) is 4.46. The maximum Gasteiger partial charge on any atom is 0.217 e. The molecule has 3 aromatic rings. The normalized spacial score (nSPS) is 13.1. The van der Waals surface area contributed by atoms with Crippen LogP contribution in [0.25, 0.3) is 10.9 Å². The predicted molar refractivity (Wildman–Crippen MR) is 110 cm³/mol. The van der Waals surface area contributed by atoms with Crippen molar-refractivity contribution < 1.29 is 14.6 Å². The highest BCUT2D eigenvalue weighted by molar-refractivity contribution is 7.80. The van der Waals surface area contributed by atoms with Gasteiger partial charge in [0.05, 0.1) is 0 Å². The molecule has 0 aliphatic heterocycles. The molecule has 0 spiro atoms. The number of aromatic nitrogens is 1. The van der Waals surface area contributed by atoms with Gasteiger partial charge in [0.25, 0.3) is 0 Å². The molecule has 5 nitrogen and oxygen atoms in total. The van der Waals surface area contributed by atoms with Crippen molar-refractivity contribution in [2.75, 3.05) is 0 Å². The minimum Gasteiger partial charge on any atom is -0.500 e. The number of fused-ring (bicyclic) bond motifs is 1. The van der Waals surface area contributed by atoms with Gasteiger partial charge in [-0.15, -0.1) is 0 Å². The van der Waals surface area contributed by atoms with Gasteiger partial charge >= 0.3 is 0 Å². The number of benzene rings is 2. The van der Waals surface area contributed by atoms with Gasteiger partial charge in [-0.1, -0.05) is 30.3 Å². The predicted octanol–water partition coefficient (Wildman–Crippen LogP) is 4.07. The molecule has 0 aliphatic rings. The van der Waals surface area contributed by atoms with Crippen molar-refractivity contribution in [3.63, 3.8) is 0 Å². The summed E-state index contributed by atoms with van der Waals surface area (Å²) in [7, 11) is 0. The van der Waals surface area contributed by atoms with Crippen LogP contribution >= 0.6 is 12.2 Å². The fraction of sp³-hybridized carbons (Fsp3) is 0.238. The average Bonchev–Trinajstić information content (AvgIpc) is 3.02. The summed E-state index contributed by atoms with van der Waals surface area (Å²) in [6.45, 7) is 3.60. The van der Waals surface area contributed by atoms with Crippen molar-refractivity contribution in [1.82, 2.24) is 10.3 Å². The standard InChI is InChI=1S/C21H22N2O3S/c1-14(24)23-21(2,20(25)27)11-16-12-22-19-9-8-17(10-18(16)19)26-13-15-6-4-3-5-7-15/h3-10,12,22H,11,13H2,1-2H3,(H,23,24)(H,25,27). The Morgan fingerprint density at radius 3 is 2.67 bits per heavy atom. The molecular formula is C21H22N2O3S. The lowest BCUT2D eigenvalue weighted by Gasteiger charge is -2.27. The molecule has 0 saturated carbocycles. The second-order valence-corrected chi connectivity index (χ2v) is 7.18. The van der Waals surface area contributed by atoms with Crippen molar-refractivity contribution in [3.8, 4) is 5.75 Å². The first-order valence-electron chi connectivity index (χ1n) is 8.66. The third-order valence-electron chi connectivity index (χ3n) is 4.46. The molecular weight excluding hydrogens is 360 g/mol. The van der Waals surface area contributed by atoms with Crippen LogP contribution in [0.15, 0.2) is 54.7 Å². The van der Waals surface area contributed by atoms with Gasteiger partial charge in [0.15, 0.2) is 5.05 Å². The minimum absolute atomic E-state index is 0.247. The summed E-state index contributed by atoms with van der Waals surface area (Å²) in [6, 6.07) is 15.8. The van der Waals surface area contributed by atoms with Gasteiger partial charge in [0.1, 0.15) is 17.9 Å². The molecule has 1 atom stereocenters. The Balaban J connectivity index is 1.84. The molecule has 1 amide bonds. The third-order valence-corrected chi connectivity index (χ3v) is 4.91. The molecule has 0 aliphatic carbocycles. The number of carbonyl (C=O) groups is 1. The fourth-order valence-corrected chi connectivity index (χ4v) is 3.20. The topological polar surface area (TPSA) is 74.4 Å². The Hall–Kier alpha value is -2.86. The van der Waals surface area contributed by atoms with Crippen LogP contribution < -0.4 is 10.1 Å². The zero-order chi connectivity index (χ0) is 19.4. The summed E-state index contributed by atoms with van der Waals surface area (Å²) in [4.78, 5) is 14.7. The first kappa shape index (κ1) is 18.9. The molecule has 0 bridgehead atoms. The van der Waals surface area contributed by atoms with E-state index in [1.165, 1.54) is 6.92 Å². The van der Waals surface area contributed by atoms with E-state index in [1.54, 1.807) is 6.92 Å². The summed E-state index contributed by atoms with van der Waals surface area (Å²) in [6.07, 6.45) is 2.23. The molecule has 140 valence electrons. The van der Waals surface area contributed by atoms with Gasteiger partial charge in [0, 0.05) is 30.4 Å². The lowest BCUT2D eigenvalue weighted by Crippen LogP contribution is -2.52. The van der Waals surface area contributed by atoms with Crippen LogP contribution in [0.3, 0.4) is 0 Å². The number of rotatable bonds is 7.